The number of ether oxygens (including phenoxy) is 1. The van der Waals surface area contributed by atoms with Gasteiger partial charge in [0, 0.05) is 21.7 Å². The van der Waals surface area contributed by atoms with Crippen LogP contribution >= 0.6 is 15.9 Å². The van der Waals surface area contributed by atoms with E-state index in [9.17, 15) is 4.21 Å². The monoisotopic (exact) mass is 367 g/mol. The summed E-state index contributed by atoms with van der Waals surface area (Å²) in [7, 11) is -0.972. The molecule has 2 aromatic carbocycles. The van der Waals surface area contributed by atoms with Crippen molar-refractivity contribution in [2.24, 2.45) is 5.73 Å². The number of rotatable bonds is 7. The van der Waals surface area contributed by atoms with Crippen LogP contribution in [0.2, 0.25) is 0 Å². The molecule has 2 aromatic rings. The van der Waals surface area contributed by atoms with Gasteiger partial charge in [-0.2, -0.15) is 0 Å². The molecule has 1 atom stereocenters. The predicted molar refractivity (Wildman–Crippen MR) is 89.9 cm³/mol. The number of hydrogen-bond acceptors (Lipinski definition) is 3. The van der Waals surface area contributed by atoms with Crippen molar-refractivity contribution in [2.45, 2.75) is 17.9 Å². The third-order valence-corrected chi connectivity index (χ3v) is 4.96. The first-order chi connectivity index (χ1) is 10.2. The van der Waals surface area contributed by atoms with Crippen molar-refractivity contribution in [3.05, 3.63) is 58.6 Å². The first kappa shape index (κ1) is 16.2. The Balaban J connectivity index is 1.73. The summed E-state index contributed by atoms with van der Waals surface area (Å²) in [6, 6.07) is 15.3. The second-order valence-electron chi connectivity index (χ2n) is 4.55. The molecule has 0 aliphatic rings. The van der Waals surface area contributed by atoms with Gasteiger partial charge in [-0.05, 0) is 48.4 Å². The normalized spacial score (nSPS) is 12.1. The van der Waals surface area contributed by atoms with Crippen molar-refractivity contribution in [3.63, 3.8) is 0 Å². The summed E-state index contributed by atoms with van der Waals surface area (Å²) < 4.78 is 18.7. The quantitative estimate of drug-likeness (QED) is 0.762. The lowest BCUT2D eigenvalue weighted by Crippen LogP contribution is -2.05. The second kappa shape index (κ2) is 8.32. The number of benzene rings is 2. The SMILES string of the molecule is NCc1ccc(OCCCS(=O)c2ccc(Br)cc2)cc1. The van der Waals surface area contributed by atoms with E-state index in [0.29, 0.717) is 18.9 Å². The van der Waals surface area contributed by atoms with Gasteiger partial charge < -0.3 is 10.5 Å². The van der Waals surface area contributed by atoms with E-state index in [0.717, 1.165) is 27.1 Å². The van der Waals surface area contributed by atoms with Gasteiger partial charge in [-0.15, -0.1) is 0 Å². The van der Waals surface area contributed by atoms with Crippen molar-refractivity contribution < 1.29 is 8.95 Å². The second-order valence-corrected chi connectivity index (χ2v) is 7.04. The zero-order chi connectivity index (χ0) is 15.1. The summed E-state index contributed by atoms with van der Waals surface area (Å²) in [5.41, 5.74) is 6.62. The lowest BCUT2D eigenvalue weighted by atomic mass is 10.2. The average Bonchev–Trinajstić information content (AvgIpc) is 2.52. The van der Waals surface area contributed by atoms with E-state index in [1.807, 2.05) is 48.5 Å². The predicted octanol–water partition coefficient (Wildman–Crippen LogP) is 3.48. The van der Waals surface area contributed by atoms with Crippen molar-refractivity contribution in [1.82, 2.24) is 0 Å². The Kier molecular flexibility index (Phi) is 6.42. The summed E-state index contributed by atoms with van der Waals surface area (Å²) in [6.45, 7) is 1.09. The lowest BCUT2D eigenvalue weighted by molar-refractivity contribution is 0.318. The highest BCUT2D eigenvalue weighted by Gasteiger charge is 2.03. The largest absolute Gasteiger partial charge is 0.494 e. The maximum absolute atomic E-state index is 12.1. The summed E-state index contributed by atoms with van der Waals surface area (Å²) in [4.78, 5) is 0.852. The van der Waals surface area contributed by atoms with Crippen LogP contribution in [0.15, 0.2) is 57.9 Å². The van der Waals surface area contributed by atoms with Crippen molar-refractivity contribution in [2.75, 3.05) is 12.4 Å². The van der Waals surface area contributed by atoms with E-state index in [-0.39, 0.29) is 0 Å². The van der Waals surface area contributed by atoms with Gasteiger partial charge in [-0.1, -0.05) is 28.1 Å². The Hall–Kier alpha value is -1.17. The van der Waals surface area contributed by atoms with Crippen LogP contribution in [0.3, 0.4) is 0 Å². The van der Waals surface area contributed by atoms with Gasteiger partial charge in [-0.3, -0.25) is 4.21 Å². The van der Waals surface area contributed by atoms with E-state index in [2.05, 4.69) is 15.9 Å². The fourth-order valence-electron chi connectivity index (χ4n) is 1.81. The highest BCUT2D eigenvalue weighted by molar-refractivity contribution is 9.10. The smallest absolute Gasteiger partial charge is 0.119 e. The molecule has 0 saturated carbocycles. The molecule has 0 aliphatic carbocycles. The molecule has 3 nitrogen and oxygen atoms in total. The molecule has 1 unspecified atom stereocenters. The summed E-state index contributed by atoms with van der Waals surface area (Å²) >= 11 is 3.37. The van der Waals surface area contributed by atoms with Crippen molar-refractivity contribution in [1.29, 1.82) is 0 Å². The zero-order valence-electron chi connectivity index (χ0n) is 11.6. The molecule has 0 aromatic heterocycles. The highest BCUT2D eigenvalue weighted by atomic mass is 79.9. The van der Waals surface area contributed by atoms with Crippen LogP contribution in [0.25, 0.3) is 0 Å². The van der Waals surface area contributed by atoms with Gasteiger partial charge in [0.1, 0.15) is 5.75 Å². The van der Waals surface area contributed by atoms with Gasteiger partial charge in [0.2, 0.25) is 0 Å². The number of halogens is 1. The fraction of sp³-hybridized carbons (Fsp3) is 0.250. The van der Waals surface area contributed by atoms with Crippen molar-refractivity contribution >= 4 is 26.7 Å². The third-order valence-electron chi connectivity index (χ3n) is 2.98. The molecule has 0 heterocycles. The van der Waals surface area contributed by atoms with Crippen LogP contribution in [-0.4, -0.2) is 16.6 Å². The average molecular weight is 368 g/mol. The van der Waals surface area contributed by atoms with Gasteiger partial charge in [0.25, 0.3) is 0 Å². The zero-order valence-corrected chi connectivity index (χ0v) is 14.0. The molecular weight excluding hydrogens is 350 g/mol. The minimum absolute atomic E-state index is 0.534. The van der Waals surface area contributed by atoms with E-state index in [1.165, 1.54) is 0 Å². The van der Waals surface area contributed by atoms with E-state index in [1.54, 1.807) is 0 Å². The van der Waals surface area contributed by atoms with Gasteiger partial charge >= 0.3 is 0 Å². The van der Waals surface area contributed by atoms with Gasteiger partial charge in [0.15, 0.2) is 0 Å². The topological polar surface area (TPSA) is 52.3 Å². The van der Waals surface area contributed by atoms with Gasteiger partial charge in [-0.25, -0.2) is 0 Å². The third kappa shape index (κ3) is 5.26. The molecule has 0 aliphatic heterocycles. The Labute approximate surface area is 136 Å². The molecule has 2 rings (SSSR count). The van der Waals surface area contributed by atoms with E-state index in [4.69, 9.17) is 10.5 Å². The summed E-state index contributed by atoms with van der Waals surface area (Å²) in [5, 5.41) is 0. The molecule has 21 heavy (non-hydrogen) atoms. The van der Waals surface area contributed by atoms with Crippen LogP contribution in [0.5, 0.6) is 5.75 Å². The molecule has 5 heteroatoms. The molecule has 0 fully saturated rings. The lowest BCUT2D eigenvalue weighted by Gasteiger charge is -2.07. The Morgan fingerprint density at radius 1 is 1.05 bits per heavy atom. The number of nitrogens with two attached hydrogens (primary N) is 1. The number of hydrogen-bond donors (Lipinski definition) is 1. The Bertz CT molecular complexity index is 584. The fourth-order valence-corrected chi connectivity index (χ4v) is 3.13. The Morgan fingerprint density at radius 2 is 1.71 bits per heavy atom. The van der Waals surface area contributed by atoms with Crippen LogP contribution in [0.1, 0.15) is 12.0 Å². The molecular formula is C16H18BrNO2S. The highest BCUT2D eigenvalue weighted by Crippen LogP contribution is 2.15. The maximum atomic E-state index is 12.1. The molecule has 0 spiro atoms. The standard InChI is InChI=1S/C16H18BrNO2S/c17-14-4-8-16(9-5-14)21(19)11-1-10-20-15-6-2-13(12-18)3-7-15/h2-9H,1,10-12,18H2. The molecule has 0 radical (unpaired) electrons. The minimum Gasteiger partial charge on any atom is -0.494 e. The molecule has 2 N–H and O–H groups in total. The van der Waals surface area contributed by atoms with Crippen LogP contribution < -0.4 is 10.5 Å². The van der Waals surface area contributed by atoms with Gasteiger partial charge in [0.05, 0.1) is 17.4 Å². The maximum Gasteiger partial charge on any atom is 0.119 e. The first-order valence-electron chi connectivity index (χ1n) is 6.75. The molecule has 0 saturated heterocycles. The van der Waals surface area contributed by atoms with E-state index < -0.39 is 10.8 Å². The Morgan fingerprint density at radius 3 is 2.33 bits per heavy atom. The molecule has 0 bridgehead atoms. The van der Waals surface area contributed by atoms with Crippen molar-refractivity contribution in [3.8, 4) is 5.75 Å². The van der Waals surface area contributed by atoms with E-state index >= 15 is 0 Å². The molecule has 0 amide bonds. The molecule has 112 valence electrons. The minimum atomic E-state index is -0.972. The van der Waals surface area contributed by atoms with Crippen LogP contribution in [0, 0.1) is 0 Å². The first-order valence-corrected chi connectivity index (χ1v) is 8.86. The van der Waals surface area contributed by atoms with Crippen LogP contribution in [-0.2, 0) is 17.3 Å². The summed E-state index contributed by atoms with van der Waals surface area (Å²) in [6.07, 6.45) is 0.751. The summed E-state index contributed by atoms with van der Waals surface area (Å²) in [5.74, 6) is 1.42. The van der Waals surface area contributed by atoms with Crippen LogP contribution in [0.4, 0.5) is 0 Å².